The molecule has 0 heterocycles. The van der Waals surface area contributed by atoms with E-state index in [1.165, 1.54) is 31.2 Å². The maximum Gasteiger partial charge on any atom is 0.270 e. The molecular weight excluding hydrogens is 450 g/mol. The van der Waals surface area contributed by atoms with Crippen LogP contribution in [0.1, 0.15) is 34.1 Å². The van der Waals surface area contributed by atoms with Crippen LogP contribution >= 0.6 is 15.9 Å². The molecule has 3 N–H and O–H groups in total. The first-order valence-corrected chi connectivity index (χ1v) is 10.4. The zero-order chi connectivity index (χ0) is 20.7. The topological polar surface area (TPSA) is 121 Å². The number of benzene rings is 2. The van der Waals surface area contributed by atoms with Crippen LogP contribution in [0.15, 0.2) is 57.9 Å². The summed E-state index contributed by atoms with van der Waals surface area (Å²) in [6.07, 6.45) is -0.193. The lowest BCUT2D eigenvalue weighted by Crippen LogP contribution is -2.42. The second kappa shape index (κ2) is 9.58. The Kier molecular flexibility index (Phi) is 7.44. The number of carbonyl (C=O) groups is 3. The largest absolute Gasteiger partial charge is 0.295 e. The molecule has 0 atom stereocenters. The van der Waals surface area contributed by atoms with E-state index in [-0.39, 0.29) is 29.2 Å². The van der Waals surface area contributed by atoms with Gasteiger partial charge in [0.25, 0.3) is 5.91 Å². The van der Waals surface area contributed by atoms with Crippen LogP contribution in [0.3, 0.4) is 0 Å². The van der Waals surface area contributed by atoms with Gasteiger partial charge in [-0.2, -0.15) is 0 Å². The van der Waals surface area contributed by atoms with Gasteiger partial charge in [-0.15, -0.1) is 0 Å². The molecule has 0 aliphatic carbocycles. The van der Waals surface area contributed by atoms with Gasteiger partial charge in [0, 0.05) is 23.0 Å². The SMILES string of the molecule is CC(=O)c1cccc(S(=O)(=O)NCCC(=O)NNC(=O)c2ccccc2Br)c1. The number of sulfonamides is 1. The highest BCUT2D eigenvalue weighted by molar-refractivity contribution is 9.10. The van der Waals surface area contributed by atoms with Crippen molar-refractivity contribution in [3.05, 3.63) is 64.1 Å². The number of hydrazine groups is 1. The number of nitrogens with one attached hydrogen (secondary N) is 3. The zero-order valence-corrected chi connectivity index (χ0v) is 17.3. The highest BCUT2D eigenvalue weighted by Crippen LogP contribution is 2.15. The first kappa shape index (κ1) is 21.7. The van der Waals surface area contributed by atoms with Crippen LogP contribution in [0.4, 0.5) is 0 Å². The van der Waals surface area contributed by atoms with E-state index >= 15 is 0 Å². The van der Waals surface area contributed by atoms with Gasteiger partial charge >= 0.3 is 0 Å². The molecule has 2 amide bonds. The second-order valence-corrected chi connectivity index (χ2v) is 8.34. The molecule has 10 heteroatoms. The van der Waals surface area contributed by atoms with Gasteiger partial charge in [0.1, 0.15) is 0 Å². The van der Waals surface area contributed by atoms with Crippen LogP contribution in [0, 0.1) is 0 Å². The van der Waals surface area contributed by atoms with Crippen LogP contribution in [-0.4, -0.2) is 32.6 Å². The number of Topliss-reactive ketones (excluding diaryl/α,β-unsaturated/α-hetero) is 1. The normalized spacial score (nSPS) is 10.9. The third-order valence-corrected chi connectivity index (χ3v) is 5.78. The number of rotatable bonds is 7. The highest BCUT2D eigenvalue weighted by atomic mass is 79.9. The van der Waals surface area contributed by atoms with Gasteiger partial charge < -0.3 is 0 Å². The Labute approximate surface area is 170 Å². The van der Waals surface area contributed by atoms with E-state index in [1.807, 2.05) is 0 Å². The number of halogens is 1. The predicted octanol–water partition coefficient (Wildman–Crippen LogP) is 1.78. The quantitative estimate of drug-likeness (QED) is 0.423. The van der Waals surface area contributed by atoms with Crippen molar-refractivity contribution in [2.75, 3.05) is 6.54 Å². The minimum atomic E-state index is -3.87. The third-order valence-electron chi connectivity index (χ3n) is 3.63. The minimum Gasteiger partial charge on any atom is -0.295 e. The molecule has 2 rings (SSSR count). The number of carbonyl (C=O) groups excluding carboxylic acids is 3. The molecule has 2 aromatic rings. The van der Waals surface area contributed by atoms with Crippen molar-refractivity contribution in [1.82, 2.24) is 15.6 Å². The number of hydrogen-bond acceptors (Lipinski definition) is 5. The molecule has 0 saturated heterocycles. The fourth-order valence-electron chi connectivity index (χ4n) is 2.17. The molecule has 0 aromatic heterocycles. The van der Waals surface area contributed by atoms with E-state index in [0.717, 1.165) is 0 Å². The van der Waals surface area contributed by atoms with E-state index in [9.17, 15) is 22.8 Å². The average Bonchev–Trinajstić information content (AvgIpc) is 2.66. The molecule has 0 aliphatic heterocycles. The molecule has 0 spiro atoms. The summed E-state index contributed by atoms with van der Waals surface area (Å²) in [6, 6.07) is 12.3. The zero-order valence-electron chi connectivity index (χ0n) is 14.9. The summed E-state index contributed by atoms with van der Waals surface area (Å²) in [5.74, 6) is -1.33. The van der Waals surface area contributed by atoms with E-state index in [1.54, 1.807) is 24.3 Å². The van der Waals surface area contributed by atoms with E-state index in [0.29, 0.717) is 10.0 Å². The fraction of sp³-hybridized carbons (Fsp3) is 0.167. The molecule has 0 fully saturated rings. The van der Waals surface area contributed by atoms with Gasteiger partial charge in [0.15, 0.2) is 5.78 Å². The lowest BCUT2D eigenvalue weighted by molar-refractivity contribution is -0.121. The number of hydrogen-bond donors (Lipinski definition) is 3. The summed E-state index contributed by atoms with van der Waals surface area (Å²) in [6.45, 7) is 1.16. The molecule has 0 radical (unpaired) electrons. The maximum absolute atomic E-state index is 12.2. The minimum absolute atomic E-state index is 0.0668. The van der Waals surface area contributed by atoms with Crippen LogP contribution in [0.25, 0.3) is 0 Å². The molecule has 148 valence electrons. The van der Waals surface area contributed by atoms with Crippen LogP contribution < -0.4 is 15.6 Å². The monoisotopic (exact) mass is 467 g/mol. The molecule has 0 saturated carbocycles. The molecular formula is C18H18BrN3O5S. The Balaban J connectivity index is 1.84. The van der Waals surface area contributed by atoms with Crippen molar-refractivity contribution in [3.63, 3.8) is 0 Å². The van der Waals surface area contributed by atoms with Crippen molar-refractivity contribution in [2.45, 2.75) is 18.2 Å². The molecule has 2 aromatic carbocycles. The van der Waals surface area contributed by atoms with Gasteiger partial charge in [-0.1, -0.05) is 24.3 Å². The summed E-state index contributed by atoms with van der Waals surface area (Å²) in [7, 11) is -3.87. The molecule has 0 unspecified atom stereocenters. The van der Waals surface area contributed by atoms with E-state index in [4.69, 9.17) is 0 Å². The Bertz CT molecular complexity index is 1010. The first-order chi connectivity index (χ1) is 13.2. The summed E-state index contributed by atoms with van der Waals surface area (Å²) >= 11 is 3.23. The van der Waals surface area contributed by atoms with Crippen LogP contribution in [0.5, 0.6) is 0 Å². The second-order valence-electron chi connectivity index (χ2n) is 5.71. The van der Waals surface area contributed by atoms with Gasteiger partial charge in [0.05, 0.1) is 10.5 Å². The Morgan fingerprint density at radius 3 is 2.39 bits per heavy atom. The smallest absolute Gasteiger partial charge is 0.270 e. The summed E-state index contributed by atoms with van der Waals surface area (Å²) < 4.78 is 27.3. The first-order valence-electron chi connectivity index (χ1n) is 8.15. The van der Waals surface area contributed by atoms with Crippen molar-refractivity contribution in [2.24, 2.45) is 0 Å². The van der Waals surface area contributed by atoms with Gasteiger partial charge in [-0.05, 0) is 47.1 Å². The van der Waals surface area contributed by atoms with Crippen molar-refractivity contribution in [3.8, 4) is 0 Å². The van der Waals surface area contributed by atoms with E-state index in [2.05, 4.69) is 31.5 Å². The predicted molar refractivity (Wildman–Crippen MR) is 106 cm³/mol. The fourth-order valence-corrected chi connectivity index (χ4v) is 3.71. The standard InChI is InChI=1S/C18H18BrN3O5S/c1-12(23)13-5-4-6-14(11-13)28(26,27)20-10-9-17(24)21-22-18(25)15-7-2-3-8-16(15)19/h2-8,11,20H,9-10H2,1H3,(H,21,24)(H,22,25). The number of amides is 2. The maximum atomic E-state index is 12.2. The summed E-state index contributed by atoms with van der Waals surface area (Å²) in [5.41, 5.74) is 5.09. The van der Waals surface area contributed by atoms with Crippen molar-refractivity contribution < 1.29 is 22.8 Å². The van der Waals surface area contributed by atoms with Crippen LogP contribution in [0.2, 0.25) is 0 Å². The third kappa shape index (κ3) is 5.98. The van der Waals surface area contributed by atoms with Gasteiger partial charge in [-0.25, -0.2) is 13.1 Å². The van der Waals surface area contributed by atoms with Crippen molar-refractivity contribution >= 4 is 43.6 Å². The van der Waals surface area contributed by atoms with Gasteiger partial charge in [0.2, 0.25) is 15.9 Å². The number of ketones is 1. The lowest BCUT2D eigenvalue weighted by atomic mass is 10.2. The lowest BCUT2D eigenvalue weighted by Gasteiger charge is -2.10. The van der Waals surface area contributed by atoms with Crippen LogP contribution in [-0.2, 0) is 14.8 Å². The van der Waals surface area contributed by atoms with Crippen molar-refractivity contribution in [1.29, 1.82) is 0 Å². The van der Waals surface area contributed by atoms with E-state index < -0.39 is 21.8 Å². The Hall–Kier alpha value is -2.56. The Morgan fingerprint density at radius 2 is 1.71 bits per heavy atom. The molecule has 0 aliphatic rings. The highest BCUT2D eigenvalue weighted by Gasteiger charge is 2.16. The Morgan fingerprint density at radius 1 is 1.00 bits per heavy atom. The average molecular weight is 468 g/mol. The summed E-state index contributed by atoms with van der Waals surface area (Å²) in [4.78, 5) is 35.1. The molecule has 0 bridgehead atoms. The molecule has 8 nitrogen and oxygen atoms in total. The van der Waals surface area contributed by atoms with Gasteiger partial charge in [-0.3, -0.25) is 25.2 Å². The summed E-state index contributed by atoms with van der Waals surface area (Å²) in [5, 5.41) is 0. The molecule has 28 heavy (non-hydrogen) atoms.